The van der Waals surface area contributed by atoms with Crippen molar-refractivity contribution in [2.75, 3.05) is 7.11 Å². The van der Waals surface area contributed by atoms with Gasteiger partial charge < -0.3 is 9.47 Å². The third-order valence-electron chi connectivity index (χ3n) is 5.60. The highest BCUT2D eigenvalue weighted by molar-refractivity contribution is 5.95. The number of esters is 1. The second kappa shape index (κ2) is 6.12. The SMILES string of the molecule is COc1ccc(C(C)(C)C)cc1C1(C)C(=O)Oc2ccc(C(C)(C)C)cc21. The van der Waals surface area contributed by atoms with Gasteiger partial charge in [0.2, 0.25) is 0 Å². The van der Waals surface area contributed by atoms with Crippen LogP contribution in [0.5, 0.6) is 11.5 Å². The molecule has 1 aliphatic rings. The Bertz CT molecular complexity index is 897. The summed E-state index contributed by atoms with van der Waals surface area (Å²) in [4.78, 5) is 13.1. The molecule has 0 saturated heterocycles. The molecule has 144 valence electrons. The van der Waals surface area contributed by atoms with Gasteiger partial charge in [0.15, 0.2) is 0 Å². The first kappa shape index (κ1) is 19.5. The van der Waals surface area contributed by atoms with Crippen molar-refractivity contribution in [3.05, 3.63) is 58.7 Å². The Hall–Kier alpha value is -2.29. The van der Waals surface area contributed by atoms with Crippen molar-refractivity contribution in [2.45, 2.75) is 64.7 Å². The minimum atomic E-state index is -0.900. The summed E-state index contributed by atoms with van der Waals surface area (Å²) >= 11 is 0. The van der Waals surface area contributed by atoms with Crippen molar-refractivity contribution >= 4 is 5.97 Å². The highest BCUT2D eigenvalue weighted by Gasteiger charge is 2.49. The summed E-state index contributed by atoms with van der Waals surface area (Å²) < 4.78 is 11.3. The van der Waals surface area contributed by atoms with Crippen molar-refractivity contribution in [3.63, 3.8) is 0 Å². The molecule has 0 spiro atoms. The highest BCUT2D eigenvalue weighted by Crippen LogP contribution is 2.49. The van der Waals surface area contributed by atoms with Gasteiger partial charge in [0.25, 0.3) is 0 Å². The quantitative estimate of drug-likeness (QED) is 0.519. The van der Waals surface area contributed by atoms with E-state index in [1.54, 1.807) is 7.11 Å². The van der Waals surface area contributed by atoms with Crippen LogP contribution in [0.1, 0.15) is 70.7 Å². The zero-order valence-electron chi connectivity index (χ0n) is 17.7. The zero-order valence-corrected chi connectivity index (χ0v) is 17.7. The minimum Gasteiger partial charge on any atom is -0.496 e. The molecule has 3 rings (SSSR count). The lowest BCUT2D eigenvalue weighted by molar-refractivity contribution is -0.136. The number of carbonyl (C=O) groups is 1. The van der Waals surface area contributed by atoms with E-state index < -0.39 is 5.41 Å². The van der Waals surface area contributed by atoms with Crippen LogP contribution in [0.25, 0.3) is 0 Å². The Morgan fingerprint density at radius 2 is 1.37 bits per heavy atom. The first-order valence-electron chi connectivity index (χ1n) is 9.45. The molecule has 2 aromatic carbocycles. The number of rotatable bonds is 2. The van der Waals surface area contributed by atoms with Crippen molar-refractivity contribution in [2.24, 2.45) is 0 Å². The number of benzene rings is 2. The molecule has 0 radical (unpaired) electrons. The van der Waals surface area contributed by atoms with Crippen LogP contribution in [-0.2, 0) is 21.0 Å². The average molecular weight is 367 g/mol. The van der Waals surface area contributed by atoms with E-state index in [0.29, 0.717) is 11.5 Å². The van der Waals surface area contributed by atoms with E-state index in [-0.39, 0.29) is 16.8 Å². The highest BCUT2D eigenvalue weighted by atomic mass is 16.5. The van der Waals surface area contributed by atoms with Gasteiger partial charge in [-0.15, -0.1) is 0 Å². The summed E-state index contributed by atoms with van der Waals surface area (Å²) in [6.45, 7) is 15.0. The van der Waals surface area contributed by atoms with Crippen LogP contribution in [0.4, 0.5) is 0 Å². The number of fused-ring (bicyclic) bond motifs is 1. The maximum Gasteiger partial charge on any atom is 0.326 e. The van der Waals surface area contributed by atoms with E-state index in [9.17, 15) is 4.79 Å². The monoisotopic (exact) mass is 366 g/mol. The lowest BCUT2D eigenvalue weighted by atomic mass is 9.73. The van der Waals surface area contributed by atoms with Crippen LogP contribution in [-0.4, -0.2) is 13.1 Å². The molecule has 1 atom stereocenters. The smallest absolute Gasteiger partial charge is 0.326 e. The van der Waals surface area contributed by atoms with E-state index in [1.807, 2.05) is 25.1 Å². The Morgan fingerprint density at radius 3 is 1.89 bits per heavy atom. The molecule has 0 amide bonds. The van der Waals surface area contributed by atoms with E-state index in [2.05, 4.69) is 59.7 Å². The van der Waals surface area contributed by atoms with E-state index >= 15 is 0 Å². The fraction of sp³-hybridized carbons (Fsp3) is 0.458. The zero-order chi connectivity index (χ0) is 20.2. The number of ether oxygens (including phenoxy) is 2. The van der Waals surface area contributed by atoms with Gasteiger partial charge in [-0.2, -0.15) is 0 Å². The maximum absolute atomic E-state index is 13.1. The molecule has 0 fully saturated rings. The van der Waals surface area contributed by atoms with Gasteiger partial charge in [-0.1, -0.05) is 65.8 Å². The molecular weight excluding hydrogens is 336 g/mol. The summed E-state index contributed by atoms with van der Waals surface area (Å²) in [5.41, 5.74) is 3.15. The summed E-state index contributed by atoms with van der Waals surface area (Å²) in [5.74, 6) is 1.09. The molecule has 3 nitrogen and oxygen atoms in total. The summed E-state index contributed by atoms with van der Waals surface area (Å²) in [5, 5.41) is 0. The van der Waals surface area contributed by atoms with Crippen LogP contribution in [0.2, 0.25) is 0 Å². The summed E-state index contributed by atoms with van der Waals surface area (Å²) in [6, 6.07) is 12.2. The Balaban J connectivity index is 2.28. The Kier molecular flexibility index (Phi) is 4.41. The van der Waals surface area contributed by atoms with Crippen LogP contribution < -0.4 is 9.47 Å². The standard InChI is InChI=1S/C24H30O3/c1-22(2,3)15-9-11-19(26-8)17(13-15)24(7)18-14-16(23(4,5)6)10-12-20(18)27-21(24)25/h9-14H,1-8H3. The summed E-state index contributed by atoms with van der Waals surface area (Å²) in [6.07, 6.45) is 0. The summed E-state index contributed by atoms with van der Waals surface area (Å²) in [7, 11) is 1.64. The largest absolute Gasteiger partial charge is 0.496 e. The lowest BCUT2D eigenvalue weighted by Crippen LogP contribution is -2.32. The predicted molar refractivity (Wildman–Crippen MR) is 109 cm³/mol. The van der Waals surface area contributed by atoms with Crippen LogP contribution >= 0.6 is 0 Å². The topological polar surface area (TPSA) is 35.5 Å². The molecule has 2 aromatic rings. The molecule has 1 aliphatic heterocycles. The van der Waals surface area contributed by atoms with Gasteiger partial charge >= 0.3 is 5.97 Å². The van der Waals surface area contributed by atoms with Crippen molar-refractivity contribution < 1.29 is 14.3 Å². The van der Waals surface area contributed by atoms with Gasteiger partial charge in [-0.25, -0.2) is 0 Å². The number of hydrogen-bond donors (Lipinski definition) is 0. The molecule has 0 aromatic heterocycles. The molecule has 0 saturated carbocycles. The van der Waals surface area contributed by atoms with Gasteiger partial charge in [0, 0.05) is 11.1 Å². The van der Waals surface area contributed by atoms with Crippen LogP contribution in [0, 0.1) is 0 Å². The fourth-order valence-electron chi connectivity index (χ4n) is 3.61. The van der Waals surface area contributed by atoms with Gasteiger partial charge in [-0.3, -0.25) is 4.79 Å². The first-order chi connectivity index (χ1) is 12.4. The molecule has 0 N–H and O–H groups in total. The van der Waals surface area contributed by atoms with Gasteiger partial charge in [-0.05, 0) is 41.0 Å². The molecule has 0 bridgehead atoms. The van der Waals surface area contributed by atoms with Gasteiger partial charge in [0.05, 0.1) is 7.11 Å². The third kappa shape index (κ3) is 3.13. The molecular formula is C24H30O3. The number of methoxy groups -OCH3 is 1. The Morgan fingerprint density at radius 1 is 0.852 bits per heavy atom. The van der Waals surface area contributed by atoms with E-state index in [4.69, 9.17) is 9.47 Å². The molecule has 0 aliphatic carbocycles. The maximum atomic E-state index is 13.1. The predicted octanol–water partition coefficient (Wildman–Crippen LogP) is 5.52. The third-order valence-corrected chi connectivity index (χ3v) is 5.60. The van der Waals surface area contributed by atoms with Crippen LogP contribution in [0.3, 0.4) is 0 Å². The van der Waals surface area contributed by atoms with Crippen molar-refractivity contribution in [1.29, 1.82) is 0 Å². The minimum absolute atomic E-state index is 0.0150. The average Bonchev–Trinajstić information content (AvgIpc) is 2.84. The molecule has 1 heterocycles. The second-order valence-electron chi connectivity index (χ2n) is 9.64. The molecule has 3 heteroatoms. The van der Waals surface area contributed by atoms with Gasteiger partial charge in [0.1, 0.15) is 16.9 Å². The van der Waals surface area contributed by atoms with E-state index in [0.717, 1.165) is 16.7 Å². The molecule has 27 heavy (non-hydrogen) atoms. The number of carbonyl (C=O) groups excluding carboxylic acids is 1. The number of hydrogen-bond acceptors (Lipinski definition) is 3. The van der Waals surface area contributed by atoms with Crippen molar-refractivity contribution in [3.8, 4) is 11.5 Å². The van der Waals surface area contributed by atoms with Crippen LogP contribution in [0.15, 0.2) is 36.4 Å². The lowest BCUT2D eigenvalue weighted by Gasteiger charge is -2.28. The second-order valence-corrected chi connectivity index (χ2v) is 9.64. The fourth-order valence-corrected chi connectivity index (χ4v) is 3.61. The molecule has 1 unspecified atom stereocenters. The first-order valence-corrected chi connectivity index (χ1v) is 9.45. The Labute approximate surface area is 162 Å². The normalized spacial score (nSPS) is 19.6. The van der Waals surface area contributed by atoms with E-state index in [1.165, 1.54) is 5.56 Å². The van der Waals surface area contributed by atoms with Crippen molar-refractivity contribution in [1.82, 2.24) is 0 Å².